The third kappa shape index (κ3) is 1.33. The zero-order valence-corrected chi connectivity index (χ0v) is 10.3. The fraction of sp³-hybridized carbons (Fsp3) is 0.538. The average molecular weight is 238 g/mol. The number of halogens is 1. The molecule has 2 aliphatic heterocycles. The van der Waals surface area contributed by atoms with Crippen molar-refractivity contribution in [3.05, 3.63) is 34.3 Å². The number of hydrogen-bond donors (Lipinski definition) is 1. The predicted molar refractivity (Wildman–Crippen MR) is 65.0 cm³/mol. The van der Waals surface area contributed by atoms with E-state index in [2.05, 4.69) is 25.2 Å². The van der Waals surface area contributed by atoms with Gasteiger partial charge in [0.15, 0.2) is 0 Å². The van der Waals surface area contributed by atoms with Gasteiger partial charge in [0.1, 0.15) is 0 Å². The van der Waals surface area contributed by atoms with Crippen LogP contribution in [-0.2, 0) is 4.74 Å². The SMILES string of the molecule is C[C@H]1O[C@@]2(C)CNC[C@H]2c2cccc(Cl)c21. The molecular weight excluding hydrogens is 222 g/mol. The van der Waals surface area contributed by atoms with Crippen molar-refractivity contribution in [3.8, 4) is 0 Å². The molecule has 2 heterocycles. The normalized spacial score (nSPS) is 36.9. The van der Waals surface area contributed by atoms with Crippen LogP contribution in [0.4, 0.5) is 0 Å². The van der Waals surface area contributed by atoms with Gasteiger partial charge in [-0.3, -0.25) is 0 Å². The van der Waals surface area contributed by atoms with Crippen LogP contribution in [0.5, 0.6) is 0 Å². The first-order valence-corrected chi connectivity index (χ1v) is 6.16. The molecule has 2 aliphatic rings. The zero-order chi connectivity index (χ0) is 11.3. The largest absolute Gasteiger partial charge is 0.366 e. The second-order valence-electron chi connectivity index (χ2n) is 5.00. The van der Waals surface area contributed by atoms with Gasteiger partial charge in [0.25, 0.3) is 0 Å². The molecule has 1 aromatic carbocycles. The first kappa shape index (κ1) is 10.6. The standard InChI is InChI=1S/C13H16ClNO/c1-8-12-9(4-3-5-11(12)14)10-6-15-7-13(10,2)16-8/h3-5,8,10,15H,6-7H2,1-2H3/t8-,10+,13+/m1/s1. The molecular formula is C13H16ClNO. The van der Waals surface area contributed by atoms with E-state index in [-0.39, 0.29) is 11.7 Å². The molecule has 3 atom stereocenters. The smallest absolute Gasteiger partial charge is 0.0866 e. The van der Waals surface area contributed by atoms with Crippen LogP contribution >= 0.6 is 11.6 Å². The van der Waals surface area contributed by atoms with Gasteiger partial charge >= 0.3 is 0 Å². The fourth-order valence-corrected chi connectivity index (χ4v) is 3.45. The van der Waals surface area contributed by atoms with E-state index in [1.807, 2.05) is 12.1 Å². The van der Waals surface area contributed by atoms with Gasteiger partial charge in [-0.2, -0.15) is 0 Å². The maximum atomic E-state index is 6.27. The first-order valence-electron chi connectivity index (χ1n) is 5.79. The molecule has 1 fully saturated rings. The van der Waals surface area contributed by atoms with Crippen molar-refractivity contribution < 1.29 is 4.74 Å². The highest BCUT2D eigenvalue weighted by Crippen LogP contribution is 2.47. The van der Waals surface area contributed by atoms with Gasteiger partial charge in [-0.05, 0) is 25.5 Å². The lowest BCUT2D eigenvalue weighted by Crippen LogP contribution is -2.41. The Bertz CT molecular complexity index is 434. The third-order valence-corrected chi connectivity index (χ3v) is 4.21. The van der Waals surface area contributed by atoms with Crippen LogP contribution in [0.15, 0.2) is 18.2 Å². The summed E-state index contributed by atoms with van der Waals surface area (Å²) in [4.78, 5) is 0. The van der Waals surface area contributed by atoms with Crippen LogP contribution in [0.25, 0.3) is 0 Å². The summed E-state index contributed by atoms with van der Waals surface area (Å²) < 4.78 is 6.16. The van der Waals surface area contributed by atoms with Crippen molar-refractivity contribution in [3.63, 3.8) is 0 Å². The van der Waals surface area contributed by atoms with Gasteiger partial charge in [0.05, 0.1) is 11.7 Å². The predicted octanol–water partition coefficient (Wildman–Crippen LogP) is 2.88. The summed E-state index contributed by atoms with van der Waals surface area (Å²) in [5.74, 6) is 0.428. The van der Waals surface area contributed by atoms with Crippen molar-refractivity contribution in [1.29, 1.82) is 0 Å². The summed E-state index contributed by atoms with van der Waals surface area (Å²) in [6.45, 7) is 6.19. The zero-order valence-electron chi connectivity index (χ0n) is 9.59. The van der Waals surface area contributed by atoms with Gasteiger partial charge in [-0.25, -0.2) is 0 Å². The Morgan fingerprint density at radius 2 is 2.31 bits per heavy atom. The topological polar surface area (TPSA) is 21.3 Å². The lowest BCUT2D eigenvalue weighted by molar-refractivity contribution is -0.0865. The molecule has 0 saturated carbocycles. The third-order valence-electron chi connectivity index (χ3n) is 3.88. The Balaban J connectivity index is 2.18. The minimum atomic E-state index is -0.0723. The van der Waals surface area contributed by atoms with Gasteiger partial charge in [0.2, 0.25) is 0 Å². The average Bonchev–Trinajstić information content (AvgIpc) is 2.59. The second-order valence-corrected chi connectivity index (χ2v) is 5.41. The highest BCUT2D eigenvalue weighted by molar-refractivity contribution is 6.31. The van der Waals surface area contributed by atoms with Gasteiger partial charge in [0, 0.05) is 29.6 Å². The van der Waals surface area contributed by atoms with Crippen molar-refractivity contribution >= 4 is 11.6 Å². The monoisotopic (exact) mass is 237 g/mol. The molecule has 0 aromatic heterocycles. The minimum absolute atomic E-state index is 0.0723. The van der Waals surface area contributed by atoms with Crippen LogP contribution in [-0.4, -0.2) is 18.7 Å². The van der Waals surface area contributed by atoms with Crippen LogP contribution < -0.4 is 5.32 Å². The van der Waals surface area contributed by atoms with E-state index in [1.54, 1.807) is 0 Å². The summed E-state index contributed by atoms with van der Waals surface area (Å²) in [7, 11) is 0. The molecule has 0 aliphatic carbocycles. The van der Waals surface area contributed by atoms with Crippen molar-refractivity contribution in [2.24, 2.45) is 0 Å². The Labute approximate surface area is 101 Å². The molecule has 0 unspecified atom stereocenters. The summed E-state index contributed by atoms with van der Waals surface area (Å²) in [6, 6.07) is 6.18. The summed E-state index contributed by atoms with van der Waals surface area (Å²) in [6.07, 6.45) is 0.0878. The quantitative estimate of drug-likeness (QED) is 0.749. The Kier molecular flexibility index (Phi) is 2.29. The van der Waals surface area contributed by atoms with Gasteiger partial charge in [-0.15, -0.1) is 0 Å². The van der Waals surface area contributed by atoms with E-state index in [4.69, 9.17) is 16.3 Å². The molecule has 3 heteroatoms. The number of fused-ring (bicyclic) bond motifs is 3. The molecule has 0 bridgehead atoms. The van der Waals surface area contributed by atoms with Gasteiger partial charge < -0.3 is 10.1 Å². The Morgan fingerprint density at radius 1 is 1.50 bits per heavy atom. The van der Waals surface area contributed by atoms with Crippen molar-refractivity contribution in [2.45, 2.75) is 31.5 Å². The maximum absolute atomic E-state index is 6.27. The molecule has 1 saturated heterocycles. The van der Waals surface area contributed by atoms with Crippen molar-refractivity contribution in [2.75, 3.05) is 13.1 Å². The fourth-order valence-electron chi connectivity index (χ4n) is 3.12. The highest BCUT2D eigenvalue weighted by Gasteiger charge is 2.46. The van der Waals surface area contributed by atoms with Crippen LogP contribution in [0.2, 0.25) is 5.02 Å². The van der Waals surface area contributed by atoms with Crippen LogP contribution in [0.3, 0.4) is 0 Å². The summed E-state index contributed by atoms with van der Waals surface area (Å²) in [5, 5.41) is 4.25. The molecule has 0 radical (unpaired) electrons. The summed E-state index contributed by atoms with van der Waals surface area (Å²) in [5.41, 5.74) is 2.46. The number of benzene rings is 1. The minimum Gasteiger partial charge on any atom is -0.366 e. The van der Waals surface area contributed by atoms with E-state index in [1.165, 1.54) is 11.1 Å². The highest BCUT2D eigenvalue weighted by atomic mass is 35.5. The maximum Gasteiger partial charge on any atom is 0.0866 e. The molecule has 86 valence electrons. The molecule has 0 amide bonds. The Hall–Kier alpha value is -0.570. The lowest BCUT2D eigenvalue weighted by atomic mass is 9.80. The summed E-state index contributed by atoms with van der Waals surface area (Å²) >= 11 is 6.27. The molecule has 3 rings (SSSR count). The second kappa shape index (κ2) is 3.46. The molecule has 16 heavy (non-hydrogen) atoms. The van der Waals surface area contributed by atoms with Crippen LogP contribution in [0, 0.1) is 0 Å². The van der Waals surface area contributed by atoms with E-state index in [0.717, 1.165) is 18.1 Å². The van der Waals surface area contributed by atoms with Gasteiger partial charge in [-0.1, -0.05) is 23.7 Å². The number of nitrogens with one attached hydrogen (secondary N) is 1. The number of ether oxygens (including phenoxy) is 1. The van der Waals surface area contributed by atoms with E-state index >= 15 is 0 Å². The Morgan fingerprint density at radius 3 is 3.12 bits per heavy atom. The molecule has 0 spiro atoms. The van der Waals surface area contributed by atoms with Crippen molar-refractivity contribution in [1.82, 2.24) is 5.32 Å². The molecule has 1 N–H and O–H groups in total. The van der Waals surface area contributed by atoms with E-state index in [0.29, 0.717) is 5.92 Å². The molecule has 2 nitrogen and oxygen atoms in total. The molecule has 1 aromatic rings. The number of hydrogen-bond acceptors (Lipinski definition) is 2. The number of rotatable bonds is 0. The van der Waals surface area contributed by atoms with Crippen LogP contribution in [0.1, 0.15) is 37.0 Å². The van der Waals surface area contributed by atoms with E-state index < -0.39 is 0 Å². The lowest BCUT2D eigenvalue weighted by Gasteiger charge is -2.41. The van der Waals surface area contributed by atoms with E-state index in [9.17, 15) is 0 Å². The first-order chi connectivity index (χ1) is 7.62.